The van der Waals surface area contributed by atoms with Crippen LogP contribution in [0.15, 0.2) is 59.5 Å². The van der Waals surface area contributed by atoms with Gasteiger partial charge in [0.2, 0.25) is 0 Å². The molecule has 5 nitrogen and oxygen atoms in total. The van der Waals surface area contributed by atoms with Gasteiger partial charge < -0.3 is 19.5 Å². The van der Waals surface area contributed by atoms with E-state index in [1.165, 1.54) is 4.90 Å². The molecule has 146 valence electrons. The monoisotopic (exact) mass is 389 g/mol. The molecule has 0 saturated heterocycles. The number of carbonyl (C=O) groups excluding carboxylic acids is 1. The van der Waals surface area contributed by atoms with Crippen molar-refractivity contribution in [3.8, 4) is 5.75 Å². The van der Waals surface area contributed by atoms with E-state index in [1.54, 1.807) is 11.8 Å². The summed E-state index contributed by atoms with van der Waals surface area (Å²) in [5.41, 5.74) is 0.923. The third kappa shape index (κ3) is 6.81. The van der Waals surface area contributed by atoms with Gasteiger partial charge in [-0.3, -0.25) is 0 Å². The maximum Gasteiger partial charge on any atom is 0.410 e. The summed E-state index contributed by atoms with van der Waals surface area (Å²) in [5.74, 6) is 0.729. The fourth-order valence-corrected chi connectivity index (χ4v) is 3.04. The van der Waals surface area contributed by atoms with Crippen LogP contribution in [0.3, 0.4) is 0 Å². The average molecular weight is 390 g/mol. The van der Waals surface area contributed by atoms with E-state index >= 15 is 0 Å². The Balaban J connectivity index is 1.87. The standard InChI is InChI=1S/C21H27NO4S/c1-16(2)22(21(24)26-14-17-9-5-4-6-10-17)13-18(23)15-25-19-11-7-8-12-20(19)27-3/h4-12,16,18,23H,13-15H2,1-3H3. The molecule has 0 spiro atoms. The second-order valence-electron chi connectivity index (χ2n) is 6.40. The van der Waals surface area contributed by atoms with Gasteiger partial charge in [0.15, 0.2) is 0 Å². The van der Waals surface area contributed by atoms with Crippen LogP contribution in [0.4, 0.5) is 4.79 Å². The van der Waals surface area contributed by atoms with Crippen molar-refractivity contribution in [3.63, 3.8) is 0 Å². The lowest BCUT2D eigenvalue weighted by Gasteiger charge is -2.28. The van der Waals surface area contributed by atoms with E-state index in [1.807, 2.05) is 74.7 Å². The third-order valence-corrected chi connectivity index (χ3v) is 4.75. The second kappa shape index (κ2) is 10.8. The molecule has 27 heavy (non-hydrogen) atoms. The molecule has 0 aliphatic rings. The first-order valence-electron chi connectivity index (χ1n) is 8.92. The summed E-state index contributed by atoms with van der Waals surface area (Å²) in [4.78, 5) is 14.9. The number of rotatable bonds is 9. The molecule has 0 fully saturated rings. The van der Waals surface area contributed by atoms with Gasteiger partial charge in [-0.1, -0.05) is 42.5 Å². The number of benzene rings is 2. The molecule has 0 heterocycles. The number of para-hydroxylation sites is 1. The van der Waals surface area contributed by atoms with E-state index in [9.17, 15) is 9.90 Å². The second-order valence-corrected chi connectivity index (χ2v) is 7.25. The van der Waals surface area contributed by atoms with Crippen LogP contribution in [-0.2, 0) is 11.3 Å². The highest BCUT2D eigenvalue weighted by Crippen LogP contribution is 2.26. The zero-order valence-electron chi connectivity index (χ0n) is 16.0. The highest BCUT2D eigenvalue weighted by atomic mass is 32.2. The Morgan fingerprint density at radius 3 is 2.44 bits per heavy atom. The van der Waals surface area contributed by atoms with E-state index in [-0.39, 0.29) is 25.8 Å². The Bertz CT molecular complexity index is 708. The quantitative estimate of drug-likeness (QED) is 0.652. The molecule has 1 unspecified atom stereocenters. The van der Waals surface area contributed by atoms with Gasteiger partial charge in [0.05, 0.1) is 6.54 Å². The minimum Gasteiger partial charge on any atom is -0.490 e. The molecule has 2 aromatic carbocycles. The van der Waals surface area contributed by atoms with Crippen molar-refractivity contribution in [1.82, 2.24) is 4.90 Å². The van der Waals surface area contributed by atoms with Crippen molar-refractivity contribution in [1.29, 1.82) is 0 Å². The molecule has 6 heteroatoms. The molecule has 0 aliphatic heterocycles. The van der Waals surface area contributed by atoms with Crippen molar-refractivity contribution in [2.24, 2.45) is 0 Å². The van der Waals surface area contributed by atoms with Crippen LogP contribution in [0.2, 0.25) is 0 Å². The summed E-state index contributed by atoms with van der Waals surface area (Å²) in [6.45, 7) is 4.23. The number of nitrogens with zero attached hydrogens (tertiary/aromatic N) is 1. The van der Waals surface area contributed by atoms with E-state index in [0.717, 1.165) is 16.2 Å². The predicted octanol–water partition coefficient (Wildman–Crippen LogP) is 4.20. The van der Waals surface area contributed by atoms with E-state index in [2.05, 4.69) is 0 Å². The Kier molecular flexibility index (Phi) is 8.48. The van der Waals surface area contributed by atoms with Crippen molar-refractivity contribution in [2.45, 2.75) is 37.5 Å². The number of carbonyl (C=O) groups is 1. The molecule has 1 N–H and O–H groups in total. The van der Waals surface area contributed by atoms with Crippen molar-refractivity contribution < 1.29 is 19.4 Å². The first-order valence-corrected chi connectivity index (χ1v) is 10.1. The Hall–Kier alpha value is -2.18. The molecule has 0 radical (unpaired) electrons. The lowest BCUT2D eigenvalue weighted by molar-refractivity contribution is 0.0396. The van der Waals surface area contributed by atoms with Crippen LogP contribution in [0.1, 0.15) is 19.4 Å². The molecular formula is C21H27NO4S. The highest BCUT2D eigenvalue weighted by Gasteiger charge is 2.22. The Labute approximate surface area is 165 Å². The largest absolute Gasteiger partial charge is 0.490 e. The zero-order chi connectivity index (χ0) is 19.6. The molecule has 2 aromatic rings. The smallest absolute Gasteiger partial charge is 0.410 e. The summed E-state index contributed by atoms with van der Waals surface area (Å²) in [6, 6.07) is 17.1. The van der Waals surface area contributed by atoms with Gasteiger partial charge in [-0.05, 0) is 37.8 Å². The van der Waals surface area contributed by atoms with Crippen LogP contribution >= 0.6 is 11.8 Å². The van der Waals surface area contributed by atoms with Crippen LogP contribution in [0.25, 0.3) is 0 Å². The van der Waals surface area contributed by atoms with Crippen LogP contribution in [0, 0.1) is 0 Å². The van der Waals surface area contributed by atoms with Crippen molar-refractivity contribution in [3.05, 3.63) is 60.2 Å². The van der Waals surface area contributed by atoms with Crippen molar-refractivity contribution >= 4 is 17.9 Å². The number of hydrogen-bond acceptors (Lipinski definition) is 5. The topological polar surface area (TPSA) is 59.0 Å². The highest BCUT2D eigenvalue weighted by molar-refractivity contribution is 7.98. The minimum absolute atomic E-state index is 0.0959. The SMILES string of the molecule is CSc1ccccc1OCC(O)CN(C(=O)OCc1ccccc1)C(C)C. The fourth-order valence-electron chi connectivity index (χ4n) is 2.50. The molecular weight excluding hydrogens is 362 g/mol. The first-order chi connectivity index (χ1) is 13.0. The average Bonchev–Trinajstić information content (AvgIpc) is 2.69. The minimum atomic E-state index is -0.813. The zero-order valence-corrected chi connectivity index (χ0v) is 16.8. The van der Waals surface area contributed by atoms with Crippen LogP contribution < -0.4 is 4.74 Å². The fraction of sp³-hybridized carbons (Fsp3) is 0.381. The summed E-state index contributed by atoms with van der Waals surface area (Å²) in [6.07, 6.45) is 0.714. The summed E-state index contributed by atoms with van der Waals surface area (Å²) >= 11 is 1.58. The number of aliphatic hydroxyl groups is 1. The van der Waals surface area contributed by atoms with Gasteiger partial charge in [0.1, 0.15) is 25.1 Å². The molecule has 2 rings (SSSR count). The van der Waals surface area contributed by atoms with Gasteiger partial charge in [0.25, 0.3) is 0 Å². The lowest BCUT2D eigenvalue weighted by Crippen LogP contribution is -2.43. The molecule has 0 saturated carbocycles. The van der Waals surface area contributed by atoms with E-state index in [0.29, 0.717) is 0 Å². The Morgan fingerprint density at radius 1 is 1.11 bits per heavy atom. The van der Waals surface area contributed by atoms with E-state index in [4.69, 9.17) is 9.47 Å². The van der Waals surface area contributed by atoms with Gasteiger partial charge in [-0.25, -0.2) is 4.79 Å². The van der Waals surface area contributed by atoms with Gasteiger partial charge >= 0.3 is 6.09 Å². The van der Waals surface area contributed by atoms with E-state index < -0.39 is 12.2 Å². The van der Waals surface area contributed by atoms with Gasteiger partial charge in [-0.2, -0.15) is 0 Å². The maximum absolute atomic E-state index is 12.4. The summed E-state index contributed by atoms with van der Waals surface area (Å²) in [7, 11) is 0. The molecule has 1 amide bonds. The maximum atomic E-state index is 12.4. The number of aliphatic hydroxyl groups excluding tert-OH is 1. The molecule has 1 atom stereocenters. The predicted molar refractivity (Wildman–Crippen MR) is 108 cm³/mol. The van der Waals surface area contributed by atoms with Gasteiger partial charge in [-0.15, -0.1) is 11.8 Å². The number of thioether (sulfide) groups is 1. The normalized spacial score (nSPS) is 11.9. The first kappa shape index (κ1) is 21.1. The number of hydrogen-bond donors (Lipinski definition) is 1. The lowest BCUT2D eigenvalue weighted by atomic mass is 10.2. The van der Waals surface area contributed by atoms with Gasteiger partial charge in [0, 0.05) is 10.9 Å². The Morgan fingerprint density at radius 2 is 1.78 bits per heavy atom. The number of ether oxygens (including phenoxy) is 2. The van der Waals surface area contributed by atoms with Crippen molar-refractivity contribution in [2.75, 3.05) is 19.4 Å². The summed E-state index contributed by atoms with van der Waals surface area (Å²) in [5, 5.41) is 10.3. The molecule has 0 aliphatic carbocycles. The molecule has 0 bridgehead atoms. The van der Waals surface area contributed by atoms with Crippen LogP contribution in [0.5, 0.6) is 5.75 Å². The van der Waals surface area contributed by atoms with Crippen LogP contribution in [-0.4, -0.2) is 47.7 Å². The third-order valence-electron chi connectivity index (χ3n) is 3.97. The molecule has 0 aromatic heterocycles. The summed E-state index contributed by atoms with van der Waals surface area (Å²) < 4.78 is 11.1. The number of amides is 1.